The number of nitrogens with one attached hydrogen (secondary N) is 2. The van der Waals surface area contributed by atoms with Gasteiger partial charge in [0.05, 0.1) is 15.6 Å². The van der Waals surface area contributed by atoms with E-state index >= 15 is 0 Å². The zero-order chi connectivity index (χ0) is 15.5. The average Bonchev–Trinajstić information content (AvgIpc) is 2.47. The summed E-state index contributed by atoms with van der Waals surface area (Å²) < 4.78 is 0. The number of nitrogen functional groups attached to an aromatic ring is 1. The fourth-order valence-corrected chi connectivity index (χ4v) is 3.22. The van der Waals surface area contributed by atoms with Crippen molar-refractivity contribution in [2.75, 3.05) is 17.3 Å². The van der Waals surface area contributed by atoms with Crippen LogP contribution in [0.1, 0.15) is 39.0 Å². The van der Waals surface area contributed by atoms with Crippen molar-refractivity contribution in [3.8, 4) is 0 Å². The molecule has 118 valence electrons. The molecule has 0 radical (unpaired) electrons. The van der Waals surface area contributed by atoms with Crippen molar-refractivity contribution in [3.63, 3.8) is 0 Å². The molecule has 1 aromatic rings. The smallest absolute Gasteiger partial charge is 0.161 e. The summed E-state index contributed by atoms with van der Waals surface area (Å²) in [5.74, 6) is 6.90. The largest absolute Gasteiger partial charge is 0.388 e. The molecule has 0 saturated heterocycles. The highest BCUT2D eigenvalue weighted by Gasteiger charge is 2.32. The van der Waals surface area contributed by atoms with Gasteiger partial charge in [0.25, 0.3) is 0 Å². The minimum atomic E-state index is -0.702. The predicted molar refractivity (Wildman–Crippen MR) is 87.8 cm³/mol. The van der Waals surface area contributed by atoms with Gasteiger partial charge in [-0.1, -0.05) is 36.5 Å². The Morgan fingerprint density at radius 2 is 1.95 bits per heavy atom. The highest BCUT2D eigenvalue weighted by Crippen LogP contribution is 2.35. The zero-order valence-electron chi connectivity index (χ0n) is 12.1. The van der Waals surface area contributed by atoms with Gasteiger partial charge in [-0.15, -0.1) is 0 Å². The second kappa shape index (κ2) is 7.01. The summed E-state index contributed by atoms with van der Waals surface area (Å²) in [7, 11) is 0. The normalized spacial score (nSPS) is 25.7. The first kappa shape index (κ1) is 16.6. The molecule has 0 atom stereocenters. The monoisotopic (exact) mass is 332 g/mol. The maximum absolute atomic E-state index is 10.6. The summed E-state index contributed by atoms with van der Waals surface area (Å²) >= 11 is 12.1. The number of hydrazine groups is 1. The first-order chi connectivity index (χ1) is 9.97. The molecule has 0 spiro atoms. The van der Waals surface area contributed by atoms with Crippen LogP contribution in [0.3, 0.4) is 0 Å². The van der Waals surface area contributed by atoms with E-state index in [0.29, 0.717) is 28.2 Å². The SMILES string of the molecule is CCC1CCC(O)(CNc2nc(NN)c(Cl)cc2Cl)CC1. The Balaban J connectivity index is 2.00. The van der Waals surface area contributed by atoms with Crippen molar-refractivity contribution in [1.82, 2.24) is 4.98 Å². The van der Waals surface area contributed by atoms with Gasteiger partial charge in [0.2, 0.25) is 0 Å². The van der Waals surface area contributed by atoms with E-state index in [0.717, 1.165) is 31.6 Å². The Morgan fingerprint density at radius 1 is 1.33 bits per heavy atom. The van der Waals surface area contributed by atoms with Gasteiger partial charge >= 0.3 is 0 Å². The minimum absolute atomic E-state index is 0.352. The van der Waals surface area contributed by atoms with E-state index in [1.54, 1.807) is 6.07 Å². The van der Waals surface area contributed by atoms with Crippen LogP contribution in [0.4, 0.5) is 11.6 Å². The Hall–Kier alpha value is -0.750. The third-order valence-electron chi connectivity index (χ3n) is 4.26. The van der Waals surface area contributed by atoms with Gasteiger partial charge in [-0.05, 0) is 37.7 Å². The number of pyridine rings is 1. The number of nitrogens with two attached hydrogens (primary N) is 1. The lowest BCUT2D eigenvalue weighted by molar-refractivity contribution is 0.00223. The average molecular weight is 333 g/mol. The molecular weight excluding hydrogens is 311 g/mol. The van der Waals surface area contributed by atoms with Crippen molar-refractivity contribution in [3.05, 3.63) is 16.1 Å². The van der Waals surface area contributed by atoms with Crippen LogP contribution >= 0.6 is 23.2 Å². The number of aliphatic hydroxyl groups is 1. The minimum Gasteiger partial charge on any atom is -0.388 e. The van der Waals surface area contributed by atoms with Gasteiger partial charge in [-0.2, -0.15) is 0 Å². The maximum Gasteiger partial charge on any atom is 0.161 e. The number of anilines is 2. The standard InChI is InChI=1S/C14H22Cl2N4O/c1-2-9-3-5-14(21,6-4-9)8-18-12-10(15)7-11(16)13(19-12)20-17/h7,9,21H,2-6,8,17H2,1H3,(H2,18,19,20). The Bertz CT molecular complexity index is 490. The highest BCUT2D eigenvalue weighted by molar-refractivity contribution is 6.37. The topological polar surface area (TPSA) is 83.2 Å². The summed E-state index contributed by atoms with van der Waals surface area (Å²) in [4.78, 5) is 4.21. The van der Waals surface area contributed by atoms with E-state index in [1.807, 2.05) is 0 Å². The van der Waals surface area contributed by atoms with Crippen LogP contribution in [-0.2, 0) is 0 Å². The van der Waals surface area contributed by atoms with E-state index in [1.165, 1.54) is 6.42 Å². The number of rotatable bonds is 5. The number of hydrogen-bond donors (Lipinski definition) is 4. The fraction of sp³-hybridized carbons (Fsp3) is 0.643. The van der Waals surface area contributed by atoms with Crippen LogP contribution in [-0.4, -0.2) is 22.2 Å². The summed E-state index contributed by atoms with van der Waals surface area (Å²) in [6.07, 6.45) is 4.90. The first-order valence-electron chi connectivity index (χ1n) is 7.26. The van der Waals surface area contributed by atoms with Crippen molar-refractivity contribution >= 4 is 34.8 Å². The predicted octanol–water partition coefficient (Wildman–Crippen LogP) is 3.42. The van der Waals surface area contributed by atoms with Crippen molar-refractivity contribution in [1.29, 1.82) is 0 Å². The number of nitrogens with zero attached hydrogens (tertiary/aromatic N) is 1. The molecule has 1 saturated carbocycles. The lowest BCUT2D eigenvalue weighted by Gasteiger charge is -2.36. The quantitative estimate of drug-likeness (QED) is 0.490. The van der Waals surface area contributed by atoms with Crippen LogP contribution < -0.4 is 16.6 Å². The molecule has 1 aliphatic rings. The highest BCUT2D eigenvalue weighted by atomic mass is 35.5. The fourth-order valence-electron chi connectivity index (χ4n) is 2.74. The molecule has 1 fully saturated rings. The molecule has 0 unspecified atom stereocenters. The molecule has 7 heteroatoms. The van der Waals surface area contributed by atoms with E-state index in [2.05, 4.69) is 22.7 Å². The van der Waals surface area contributed by atoms with Crippen LogP contribution in [0.25, 0.3) is 0 Å². The van der Waals surface area contributed by atoms with Crippen LogP contribution in [0, 0.1) is 5.92 Å². The van der Waals surface area contributed by atoms with Gasteiger partial charge in [-0.25, -0.2) is 10.8 Å². The molecule has 2 rings (SSSR count). The Morgan fingerprint density at radius 3 is 2.52 bits per heavy atom. The molecule has 0 bridgehead atoms. The van der Waals surface area contributed by atoms with Gasteiger partial charge in [0.1, 0.15) is 5.82 Å². The lowest BCUT2D eigenvalue weighted by atomic mass is 9.78. The van der Waals surface area contributed by atoms with Gasteiger partial charge in [0.15, 0.2) is 5.82 Å². The Labute approximate surface area is 135 Å². The van der Waals surface area contributed by atoms with Crippen LogP contribution in [0.15, 0.2) is 6.07 Å². The second-order valence-corrected chi connectivity index (χ2v) is 6.54. The van der Waals surface area contributed by atoms with Crippen LogP contribution in [0.2, 0.25) is 10.0 Å². The molecule has 0 aromatic carbocycles. The molecule has 1 aliphatic carbocycles. The number of aromatic nitrogens is 1. The zero-order valence-corrected chi connectivity index (χ0v) is 13.6. The van der Waals surface area contributed by atoms with Gasteiger partial charge in [-0.3, -0.25) is 0 Å². The molecule has 5 nitrogen and oxygen atoms in total. The second-order valence-electron chi connectivity index (χ2n) is 5.72. The van der Waals surface area contributed by atoms with Crippen LogP contribution in [0.5, 0.6) is 0 Å². The van der Waals surface area contributed by atoms with Crippen molar-refractivity contribution < 1.29 is 5.11 Å². The molecule has 1 aromatic heterocycles. The van der Waals surface area contributed by atoms with Gasteiger partial charge in [0, 0.05) is 6.54 Å². The first-order valence-corrected chi connectivity index (χ1v) is 8.02. The number of hydrogen-bond acceptors (Lipinski definition) is 5. The summed E-state index contributed by atoms with van der Waals surface area (Å²) in [5.41, 5.74) is 1.72. The lowest BCUT2D eigenvalue weighted by Crippen LogP contribution is -2.40. The molecule has 21 heavy (non-hydrogen) atoms. The molecule has 0 amide bonds. The summed E-state index contributed by atoms with van der Waals surface area (Å²) in [6.45, 7) is 2.62. The maximum atomic E-state index is 10.6. The molecule has 5 N–H and O–H groups in total. The van der Waals surface area contributed by atoms with E-state index in [-0.39, 0.29) is 0 Å². The molecule has 0 aliphatic heterocycles. The van der Waals surface area contributed by atoms with Crippen molar-refractivity contribution in [2.45, 2.75) is 44.6 Å². The van der Waals surface area contributed by atoms with E-state index in [9.17, 15) is 5.11 Å². The third kappa shape index (κ3) is 4.13. The molecular formula is C14H22Cl2N4O. The summed E-state index contributed by atoms with van der Waals surface area (Å²) in [5, 5.41) is 14.5. The van der Waals surface area contributed by atoms with E-state index in [4.69, 9.17) is 29.0 Å². The Kier molecular flexibility index (Phi) is 5.54. The third-order valence-corrected chi connectivity index (χ3v) is 4.84. The number of halogens is 2. The van der Waals surface area contributed by atoms with E-state index < -0.39 is 5.60 Å². The molecule has 1 heterocycles. The summed E-state index contributed by atoms with van der Waals surface area (Å²) in [6, 6.07) is 1.58. The van der Waals surface area contributed by atoms with Crippen molar-refractivity contribution in [2.24, 2.45) is 11.8 Å². The van der Waals surface area contributed by atoms with Gasteiger partial charge < -0.3 is 15.8 Å².